The molecule has 310 valence electrons. The first kappa shape index (κ1) is 45.2. The van der Waals surface area contributed by atoms with Crippen molar-refractivity contribution in [2.75, 3.05) is 29.5 Å². The quantitative estimate of drug-likeness (QED) is 0.0655. The lowest BCUT2D eigenvalue weighted by Crippen LogP contribution is -2.30. The van der Waals surface area contributed by atoms with Gasteiger partial charge in [-0.25, -0.2) is 0 Å². The van der Waals surface area contributed by atoms with E-state index in [0.29, 0.717) is 72.4 Å². The molecule has 0 aliphatic carbocycles. The van der Waals surface area contributed by atoms with Crippen molar-refractivity contribution in [3.05, 3.63) is 71.5 Å². The fourth-order valence-electron chi connectivity index (χ4n) is 7.52. The van der Waals surface area contributed by atoms with E-state index in [0.717, 1.165) is 0 Å². The van der Waals surface area contributed by atoms with Gasteiger partial charge in [-0.2, -0.15) is 38.2 Å². The Bertz CT molecular complexity index is 2390. The molecule has 2 heterocycles. The third-order valence-electron chi connectivity index (χ3n) is 10.3. The second-order valence-corrected chi connectivity index (χ2v) is 20.8. The first-order valence-corrected chi connectivity index (χ1v) is 24.0. The number of aliphatic carboxylic acids is 1. The molecule has 4 rings (SSSR count). The maximum atomic E-state index is 12.3. The molecule has 5 N–H and O–H groups in total. The van der Waals surface area contributed by atoms with Gasteiger partial charge in [-0.05, 0) is 94.8 Å². The number of allylic oxidation sites excluding steroid dienone is 4. The lowest BCUT2D eigenvalue weighted by molar-refractivity contribution is -0.438. The number of benzene rings is 2. The van der Waals surface area contributed by atoms with Gasteiger partial charge in [-0.3, -0.25) is 23.0 Å². The lowest BCUT2D eigenvalue weighted by atomic mass is 9.77. The molecule has 0 bridgehead atoms. The van der Waals surface area contributed by atoms with Crippen LogP contribution in [0.1, 0.15) is 89.7 Å². The summed E-state index contributed by atoms with van der Waals surface area (Å²) in [6, 6.07) is 8.41. The monoisotopic (exact) mass is 861 g/mol. The fraction of sp³-hybridized carbons (Fsp3) is 0.500. The molecule has 2 aromatic carbocycles. The van der Waals surface area contributed by atoms with Crippen molar-refractivity contribution in [3.8, 4) is 0 Å². The third kappa shape index (κ3) is 11.1. The minimum atomic E-state index is -4.61. The predicted octanol–water partition coefficient (Wildman–Crippen LogP) is 5.15. The van der Waals surface area contributed by atoms with Crippen molar-refractivity contribution >= 4 is 63.5 Å². The number of anilines is 1. The lowest BCUT2D eigenvalue weighted by Gasteiger charge is -2.30. The number of rotatable bonds is 20. The highest BCUT2D eigenvalue weighted by atomic mass is 32.2. The van der Waals surface area contributed by atoms with E-state index in [9.17, 15) is 56.7 Å². The zero-order chi connectivity index (χ0) is 41.9. The Kier molecular flexibility index (Phi) is 13.8. The summed E-state index contributed by atoms with van der Waals surface area (Å²) in [5.41, 5.74) is 2.00. The van der Waals surface area contributed by atoms with Crippen molar-refractivity contribution in [1.29, 1.82) is 0 Å². The molecule has 2 aliphatic rings. The summed E-state index contributed by atoms with van der Waals surface area (Å²) in [7, 11) is -17.6. The minimum absolute atomic E-state index is 0.0274. The molecule has 0 amide bonds. The summed E-state index contributed by atoms with van der Waals surface area (Å²) in [5, 5.41) is 9.15. The zero-order valence-corrected chi connectivity index (χ0v) is 34.6. The number of fused-ring (bicyclic) bond motifs is 2. The molecule has 1 atom stereocenters. The van der Waals surface area contributed by atoms with Crippen molar-refractivity contribution in [3.63, 3.8) is 0 Å². The fourth-order valence-corrected chi connectivity index (χ4v) is 9.67. The van der Waals surface area contributed by atoms with Crippen LogP contribution in [0.4, 0.5) is 11.4 Å². The van der Waals surface area contributed by atoms with Gasteiger partial charge in [-0.15, -0.1) is 0 Å². The number of hydrogen-bond donors (Lipinski definition) is 5. The maximum absolute atomic E-state index is 12.3. The Morgan fingerprint density at radius 1 is 0.732 bits per heavy atom. The van der Waals surface area contributed by atoms with E-state index in [1.165, 1.54) is 24.3 Å². The van der Waals surface area contributed by atoms with Gasteiger partial charge in [0.25, 0.3) is 40.5 Å². The maximum Gasteiger partial charge on any atom is 0.303 e. The van der Waals surface area contributed by atoms with Crippen molar-refractivity contribution in [2.45, 2.75) is 99.2 Å². The number of unbranched alkanes of at least 4 members (excludes halogenated alkanes) is 4. The Hall–Kier alpha value is -3.50. The predicted molar refractivity (Wildman–Crippen MR) is 209 cm³/mol. The number of hydrogen-bond acceptors (Lipinski definition) is 10. The molecule has 0 fully saturated rings. The molecule has 56 heavy (non-hydrogen) atoms. The van der Waals surface area contributed by atoms with Crippen molar-refractivity contribution < 1.29 is 66.4 Å². The van der Waals surface area contributed by atoms with Gasteiger partial charge in [0.2, 0.25) is 5.69 Å². The van der Waals surface area contributed by atoms with Crippen LogP contribution in [0.3, 0.4) is 0 Å². The van der Waals surface area contributed by atoms with E-state index in [4.69, 9.17) is 5.11 Å². The van der Waals surface area contributed by atoms with Crippen LogP contribution in [0.2, 0.25) is 0 Å². The Labute approximate surface area is 328 Å². The van der Waals surface area contributed by atoms with Crippen LogP contribution < -0.4 is 4.90 Å². The second kappa shape index (κ2) is 17.2. The zero-order valence-electron chi connectivity index (χ0n) is 31.3. The van der Waals surface area contributed by atoms with E-state index in [2.05, 4.69) is 0 Å². The molecule has 0 saturated carbocycles. The standard InChI is InChI=1S/C36H48N2O14S4/c1-35(2)28-24-26(55(47,48)49)15-17-30(28)37(20-7-9-22-53(41,42)43)32(35)12-11-13-33-36(3,19-6-4-5-14-34(39)40)29-25-27(56(50,51)52)16-18-31(29)38(33)21-8-10-23-54(44,45)46/h11-13,15-18,24-25H,4-10,14,19-23H2,1-3H3,(H4-,39,40,41,42,43,44,45,46,47,48,49,50,51,52)/p+1. The van der Waals surface area contributed by atoms with Gasteiger partial charge in [-0.1, -0.05) is 18.9 Å². The van der Waals surface area contributed by atoms with Gasteiger partial charge in [0.1, 0.15) is 6.54 Å². The van der Waals surface area contributed by atoms with Gasteiger partial charge in [0.05, 0.1) is 26.7 Å². The van der Waals surface area contributed by atoms with Crippen molar-refractivity contribution in [2.24, 2.45) is 0 Å². The summed E-state index contributed by atoms with van der Waals surface area (Å²) in [5.74, 6) is -1.86. The summed E-state index contributed by atoms with van der Waals surface area (Å²) in [4.78, 5) is 12.4. The van der Waals surface area contributed by atoms with E-state index in [1.807, 2.05) is 36.3 Å². The summed E-state index contributed by atoms with van der Waals surface area (Å²) >= 11 is 0. The summed E-state index contributed by atoms with van der Waals surface area (Å²) in [6.45, 7) is 6.15. The topological polar surface area (TPSA) is 261 Å². The molecule has 2 aromatic rings. The molecule has 0 spiro atoms. The minimum Gasteiger partial charge on any atom is -0.481 e. The van der Waals surface area contributed by atoms with Crippen LogP contribution in [-0.2, 0) is 56.1 Å². The number of carboxylic acid groups (broad SMARTS) is 1. The van der Waals surface area contributed by atoms with Gasteiger partial charge >= 0.3 is 5.97 Å². The van der Waals surface area contributed by atoms with E-state index < -0.39 is 68.8 Å². The molecule has 0 radical (unpaired) electrons. The molecule has 0 saturated heterocycles. The number of nitrogens with zero attached hydrogens (tertiary/aromatic N) is 2. The van der Waals surface area contributed by atoms with E-state index in [1.54, 1.807) is 24.3 Å². The Balaban J connectivity index is 1.85. The van der Waals surface area contributed by atoms with Crippen LogP contribution in [-0.4, -0.2) is 97.8 Å². The largest absolute Gasteiger partial charge is 0.481 e. The van der Waals surface area contributed by atoms with Crippen LogP contribution in [0, 0.1) is 0 Å². The third-order valence-corrected chi connectivity index (χ3v) is 13.6. The molecular weight excluding hydrogens is 813 g/mol. The van der Waals surface area contributed by atoms with Crippen LogP contribution >= 0.6 is 0 Å². The first-order chi connectivity index (χ1) is 25.8. The molecule has 16 nitrogen and oxygen atoms in total. The Morgan fingerprint density at radius 3 is 1.88 bits per heavy atom. The molecule has 0 aromatic heterocycles. The normalized spacial score (nSPS) is 19.3. The average Bonchev–Trinajstić information content (AvgIpc) is 3.42. The smallest absolute Gasteiger partial charge is 0.303 e. The highest BCUT2D eigenvalue weighted by molar-refractivity contribution is 7.86. The second-order valence-electron chi connectivity index (χ2n) is 14.8. The van der Waals surface area contributed by atoms with Gasteiger partial charge < -0.3 is 10.0 Å². The van der Waals surface area contributed by atoms with Crippen LogP contribution in [0.5, 0.6) is 0 Å². The summed E-state index contributed by atoms with van der Waals surface area (Å²) < 4.78 is 135. The number of carbonyl (C=O) groups is 1. The Morgan fingerprint density at radius 2 is 1.30 bits per heavy atom. The van der Waals surface area contributed by atoms with Gasteiger partial charge in [0.15, 0.2) is 5.71 Å². The van der Waals surface area contributed by atoms with Gasteiger partial charge in [0, 0.05) is 53.9 Å². The molecule has 2 aliphatic heterocycles. The average molecular weight is 862 g/mol. The van der Waals surface area contributed by atoms with Crippen LogP contribution in [0.25, 0.3) is 0 Å². The highest BCUT2D eigenvalue weighted by Gasteiger charge is 2.46. The van der Waals surface area contributed by atoms with Crippen LogP contribution in [0.15, 0.2) is 70.1 Å². The SMILES string of the molecule is CC1(C)C(/C=C/C=C2/N(CCCCS(=O)(=O)O)c3ccc(S(=O)(=O)O)cc3C2(C)CCCCCC(=O)O)=[N+](CCCCS(=O)(=O)O)c2ccc(S(=O)(=O)O)cc21. The molecular formula is C36H49N2O14S4+. The van der Waals surface area contributed by atoms with E-state index in [-0.39, 0.29) is 42.1 Å². The summed E-state index contributed by atoms with van der Waals surface area (Å²) in [6.07, 6.45) is 8.19. The first-order valence-electron chi connectivity index (χ1n) is 17.9. The molecule has 1 unspecified atom stereocenters. The highest BCUT2D eigenvalue weighted by Crippen LogP contribution is 2.51. The van der Waals surface area contributed by atoms with E-state index >= 15 is 0 Å². The number of carboxylic acids is 1. The molecule has 20 heteroatoms. The van der Waals surface area contributed by atoms with Crippen molar-refractivity contribution in [1.82, 2.24) is 0 Å².